The fourth-order valence-corrected chi connectivity index (χ4v) is 4.43. The van der Waals surface area contributed by atoms with Crippen molar-refractivity contribution in [2.24, 2.45) is 0 Å². The maximum Gasteiger partial charge on any atom is 0.0486 e. The van der Waals surface area contributed by atoms with Crippen LogP contribution >= 0.6 is 15.9 Å². The van der Waals surface area contributed by atoms with E-state index in [2.05, 4.69) is 62.2 Å². The van der Waals surface area contributed by atoms with Gasteiger partial charge in [-0.3, -0.25) is 0 Å². The van der Waals surface area contributed by atoms with Crippen LogP contribution in [0.5, 0.6) is 0 Å². The maximum absolute atomic E-state index is 3.71. The van der Waals surface area contributed by atoms with Crippen LogP contribution in [0.1, 0.15) is 39.0 Å². The number of nitrogens with one attached hydrogen (secondary N) is 1. The first-order valence-corrected chi connectivity index (χ1v) is 10.0. The van der Waals surface area contributed by atoms with Gasteiger partial charge >= 0.3 is 0 Å². The van der Waals surface area contributed by atoms with Gasteiger partial charge in [0.1, 0.15) is 0 Å². The Bertz CT molecular complexity index is 477. The lowest BCUT2D eigenvalue weighted by atomic mass is 9.97. The minimum Gasteiger partial charge on any atom is -0.381 e. The van der Waals surface area contributed by atoms with Crippen molar-refractivity contribution in [2.45, 2.75) is 51.1 Å². The van der Waals surface area contributed by atoms with Crippen molar-refractivity contribution in [3.8, 4) is 0 Å². The molecule has 23 heavy (non-hydrogen) atoms. The van der Waals surface area contributed by atoms with E-state index in [0.717, 1.165) is 6.04 Å². The number of nitrogens with zero attached hydrogens (tertiary/aromatic N) is 2. The van der Waals surface area contributed by atoms with Gasteiger partial charge in [0.15, 0.2) is 0 Å². The zero-order valence-corrected chi connectivity index (χ0v) is 15.9. The maximum atomic E-state index is 3.71. The molecule has 2 aliphatic rings. The van der Waals surface area contributed by atoms with Crippen LogP contribution < -0.4 is 5.32 Å². The fraction of sp³-hybridized carbons (Fsp3) is 0.684. The predicted octanol–water partition coefficient (Wildman–Crippen LogP) is 4.20. The van der Waals surface area contributed by atoms with E-state index in [4.69, 9.17) is 0 Å². The zero-order chi connectivity index (χ0) is 16.1. The topological polar surface area (TPSA) is 18.5 Å². The largest absolute Gasteiger partial charge is 0.381 e. The van der Waals surface area contributed by atoms with Crippen LogP contribution in [-0.4, -0.2) is 54.6 Å². The smallest absolute Gasteiger partial charge is 0.0486 e. The number of benzene rings is 1. The number of hydrogen-bond donors (Lipinski definition) is 1. The van der Waals surface area contributed by atoms with Gasteiger partial charge in [0.2, 0.25) is 0 Å². The summed E-state index contributed by atoms with van der Waals surface area (Å²) in [7, 11) is 0. The summed E-state index contributed by atoms with van der Waals surface area (Å²) >= 11 is 3.64. The standard InChI is InChI=1S/C19H30BrN3/c1-2-11-22-12-9-17(10-13-22)23-14-7-16(8-15-23)21-19-6-4-3-5-18(19)20/h3-6,16-17,21H,2,7-15H2,1H3. The summed E-state index contributed by atoms with van der Waals surface area (Å²) in [6, 6.07) is 9.90. The third-order valence-corrected chi connectivity index (χ3v) is 6.07. The monoisotopic (exact) mass is 379 g/mol. The lowest BCUT2D eigenvalue weighted by molar-refractivity contribution is 0.0898. The number of rotatable bonds is 5. The Morgan fingerprint density at radius 3 is 2.39 bits per heavy atom. The van der Waals surface area contributed by atoms with Gasteiger partial charge in [0, 0.05) is 35.3 Å². The second-order valence-electron chi connectivity index (χ2n) is 7.01. The highest BCUT2D eigenvalue weighted by Crippen LogP contribution is 2.26. The molecule has 3 nitrogen and oxygen atoms in total. The molecule has 2 heterocycles. The molecule has 4 heteroatoms. The molecule has 1 N–H and O–H groups in total. The van der Waals surface area contributed by atoms with E-state index in [-0.39, 0.29) is 0 Å². The fourth-order valence-electron chi connectivity index (χ4n) is 4.03. The van der Waals surface area contributed by atoms with Crippen molar-refractivity contribution < 1.29 is 0 Å². The first kappa shape index (κ1) is 17.2. The Labute approximate surface area is 149 Å². The molecular weight excluding hydrogens is 350 g/mol. The third kappa shape index (κ3) is 4.71. The quantitative estimate of drug-likeness (QED) is 0.826. The van der Waals surface area contributed by atoms with Crippen LogP contribution in [-0.2, 0) is 0 Å². The second kappa shape index (κ2) is 8.50. The molecule has 0 aliphatic carbocycles. The summed E-state index contributed by atoms with van der Waals surface area (Å²) < 4.78 is 1.17. The first-order valence-electron chi connectivity index (χ1n) is 9.23. The van der Waals surface area contributed by atoms with Crippen LogP contribution in [0.4, 0.5) is 5.69 Å². The molecule has 0 bridgehead atoms. The summed E-state index contributed by atoms with van der Waals surface area (Å²) in [5, 5.41) is 3.71. The molecule has 0 saturated carbocycles. The van der Waals surface area contributed by atoms with E-state index in [1.165, 1.54) is 75.0 Å². The van der Waals surface area contributed by atoms with Crippen LogP contribution in [0.25, 0.3) is 0 Å². The molecule has 2 fully saturated rings. The number of para-hydroxylation sites is 1. The summed E-state index contributed by atoms with van der Waals surface area (Å²) in [6.07, 6.45) is 6.54. The van der Waals surface area contributed by atoms with Crippen molar-refractivity contribution in [3.05, 3.63) is 28.7 Å². The minimum atomic E-state index is 0.616. The molecule has 0 aromatic heterocycles. The molecule has 3 rings (SSSR count). The molecule has 0 spiro atoms. The second-order valence-corrected chi connectivity index (χ2v) is 7.86. The minimum absolute atomic E-state index is 0.616. The Morgan fingerprint density at radius 2 is 1.74 bits per heavy atom. The van der Waals surface area contributed by atoms with E-state index in [0.29, 0.717) is 6.04 Å². The van der Waals surface area contributed by atoms with Crippen molar-refractivity contribution in [3.63, 3.8) is 0 Å². The normalized spacial score (nSPS) is 22.3. The van der Waals surface area contributed by atoms with Crippen LogP contribution in [0.3, 0.4) is 0 Å². The highest BCUT2D eigenvalue weighted by atomic mass is 79.9. The van der Waals surface area contributed by atoms with Gasteiger partial charge in [-0.2, -0.15) is 0 Å². The van der Waals surface area contributed by atoms with Gasteiger partial charge in [-0.15, -0.1) is 0 Å². The third-order valence-electron chi connectivity index (χ3n) is 5.38. The zero-order valence-electron chi connectivity index (χ0n) is 14.3. The van der Waals surface area contributed by atoms with E-state index in [1.54, 1.807) is 0 Å². The molecular formula is C19H30BrN3. The molecule has 0 radical (unpaired) electrons. The molecule has 128 valence electrons. The van der Waals surface area contributed by atoms with Crippen molar-refractivity contribution in [2.75, 3.05) is 38.0 Å². The molecule has 0 unspecified atom stereocenters. The molecule has 2 aliphatic heterocycles. The summed E-state index contributed by atoms with van der Waals surface area (Å²) in [5.74, 6) is 0. The number of anilines is 1. The lowest BCUT2D eigenvalue weighted by Crippen LogP contribution is -2.49. The summed E-state index contributed by atoms with van der Waals surface area (Å²) in [5.41, 5.74) is 1.24. The van der Waals surface area contributed by atoms with E-state index >= 15 is 0 Å². The Kier molecular flexibility index (Phi) is 6.37. The van der Waals surface area contributed by atoms with Gasteiger partial charge in [-0.25, -0.2) is 0 Å². The molecule has 1 aromatic rings. The number of hydrogen-bond acceptors (Lipinski definition) is 3. The lowest BCUT2D eigenvalue weighted by Gasteiger charge is -2.42. The molecule has 0 atom stereocenters. The Morgan fingerprint density at radius 1 is 1.04 bits per heavy atom. The highest BCUT2D eigenvalue weighted by molar-refractivity contribution is 9.10. The van der Waals surface area contributed by atoms with E-state index < -0.39 is 0 Å². The summed E-state index contributed by atoms with van der Waals surface area (Å²) in [4.78, 5) is 5.39. The molecule has 2 saturated heterocycles. The highest BCUT2D eigenvalue weighted by Gasteiger charge is 2.28. The van der Waals surface area contributed by atoms with Gasteiger partial charge < -0.3 is 15.1 Å². The number of piperidine rings is 2. The number of halogens is 1. The average molecular weight is 380 g/mol. The van der Waals surface area contributed by atoms with Crippen LogP contribution in [0.2, 0.25) is 0 Å². The summed E-state index contributed by atoms with van der Waals surface area (Å²) in [6.45, 7) is 8.67. The van der Waals surface area contributed by atoms with Crippen molar-refractivity contribution >= 4 is 21.6 Å². The first-order chi connectivity index (χ1) is 11.3. The van der Waals surface area contributed by atoms with Gasteiger partial charge in [0.25, 0.3) is 0 Å². The predicted molar refractivity (Wildman–Crippen MR) is 102 cm³/mol. The Balaban J connectivity index is 1.43. The van der Waals surface area contributed by atoms with E-state index in [9.17, 15) is 0 Å². The van der Waals surface area contributed by atoms with Crippen LogP contribution in [0, 0.1) is 0 Å². The van der Waals surface area contributed by atoms with Crippen molar-refractivity contribution in [1.29, 1.82) is 0 Å². The van der Waals surface area contributed by atoms with Crippen LogP contribution in [0.15, 0.2) is 28.7 Å². The SMILES string of the molecule is CCCN1CCC(N2CCC(Nc3ccccc3Br)CC2)CC1. The van der Waals surface area contributed by atoms with E-state index in [1.807, 2.05) is 0 Å². The molecule has 0 amide bonds. The molecule has 1 aromatic carbocycles. The average Bonchev–Trinajstić information content (AvgIpc) is 2.59. The van der Waals surface area contributed by atoms with Gasteiger partial charge in [-0.1, -0.05) is 19.1 Å². The number of likely N-dealkylation sites (tertiary alicyclic amines) is 2. The van der Waals surface area contributed by atoms with Gasteiger partial charge in [-0.05, 0) is 79.8 Å². The Hall–Kier alpha value is -0.580. The van der Waals surface area contributed by atoms with Gasteiger partial charge in [0.05, 0.1) is 0 Å². The van der Waals surface area contributed by atoms with Crippen molar-refractivity contribution in [1.82, 2.24) is 9.80 Å².